The van der Waals surface area contributed by atoms with E-state index in [0.717, 1.165) is 17.8 Å². The quantitative estimate of drug-likeness (QED) is 0.661. The molecule has 118 valence electrons. The summed E-state index contributed by atoms with van der Waals surface area (Å²) in [5, 5.41) is 0. The Hall–Kier alpha value is -0.0400. The summed E-state index contributed by atoms with van der Waals surface area (Å²) >= 11 is 0. The second-order valence-corrected chi connectivity index (χ2v) is 8.85. The van der Waals surface area contributed by atoms with Gasteiger partial charge >= 0.3 is 0 Å². The van der Waals surface area contributed by atoms with Gasteiger partial charge in [-0.1, -0.05) is 53.4 Å². The Labute approximate surface area is 127 Å². The van der Waals surface area contributed by atoms with Crippen molar-refractivity contribution in [3.05, 3.63) is 0 Å². The minimum atomic E-state index is 0.165. The van der Waals surface area contributed by atoms with Crippen LogP contribution in [0.4, 0.5) is 0 Å². The van der Waals surface area contributed by atoms with Crippen LogP contribution >= 0.6 is 0 Å². The molecule has 2 unspecified atom stereocenters. The molecule has 2 atom stereocenters. The molecule has 0 spiro atoms. The third-order valence-electron chi connectivity index (χ3n) is 6.61. The van der Waals surface area contributed by atoms with Gasteiger partial charge in [-0.3, -0.25) is 0 Å². The first kappa shape index (κ1) is 16.3. The van der Waals surface area contributed by atoms with Crippen LogP contribution in [0.25, 0.3) is 0 Å². The Morgan fingerprint density at radius 2 is 1.60 bits per heavy atom. The molecule has 2 rings (SSSR count). The Morgan fingerprint density at radius 1 is 0.950 bits per heavy atom. The van der Waals surface area contributed by atoms with Gasteiger partial charge in [0.2, 0.25) is 0 Å². The van der Waals surface area contributed by atoms with Crippen LogP contribution in [-0.2, 0) is 0 Å². The minimum absolute atomic E-state index is 0.165. The van der Waals surface area contributed by atoms with E-state index in [1.165, 1.54) is 64.2 Å². The fraction of sp³-hybridized carbons (Fsp3) is 1.00. The van der Waals surface area contributed by atoms with Crippen molar-refractivity contribution in [1.29, 1.82) is 0 Å². The van der Waals surface area contributed by atoms with E-state index in [0.29, 0.717) is 5.41 Å². The second-order valence-electron chi connectivity index (χ2n) is 8.85. The van der Waals surface area contributed by atoms with E-state index in [9.17, 15) is 0 Å². The highest BCUT2D eigenvalue weighted by molar-refractivity contribution is 4.96. The Morgan fingerprint density at radius 3 is 2.15 bits per heavy atom. The summed E-state index contributed by atoms with van der Waals surface area (Å²) in [6.45, 7) is 9.58. The van der Waals surface area contributed by atoms with E-state index in [-0.39, 0.29) is 5.54 Å². The van der Waals surface area contributed by atoms with Gasteiger partial charge in [0, 0.05) is 5.54 Å². The molecule has 2 aliphatic carbocycles. The molecule has 0 aliphatic heterocycles. The van der Waals surface area contributed by atoms with Gasteiger partial charge in [0.15, 0.2) is 0 Å². The first-order chi connectivity index (χ1) is 9.35. The van der Waals surface area contributed by atoms with E-state index >= 15 is 0 Å². The minimum Gasteiger partial charge on any atom is -0.325 e. The maximum Gasteiger partial charge on any atom is 0.0183 e. The largest absolute Gasteiger partial charge is 0.325 e. The zero-order valence-electron chi connectivity index (χ0n) is 14.4. The maximum absolute atomic E-state index is 6.93. The molecule has 1 nitrogen and oxygen atoms in total. The van der Waals surface area contributed by atoms with Gasteiger partial charge in [0.1, 0.15) is 0 Å². The van der Waals surface area contributed by atoms with Crippen molar-refractivity contribution in [2.75, 3.05) is 0 Å². The average Bonchev–Trinajstić information content (AvgIpc) is 2.61. The van der Waals surface area contributed by atoms with Crippen LogP contribution in [0, 0.1) is 23.2 Å². The van der Waals surface area contributed by atoms with Crippen molar-refractivity contribution < 1.29 is 0 Å². The lowest BCUT2D eigenvalue weighted by Crippen LogP contribution is -2.48. The molecule has 2 N–H and O–H groups in total. The maximum atomic E-state index is 6.93. The molecule has 2 fully saturated rings. The van der Waals surface area contributed by atoms with E-state index in [1.807, 2.05) is 0 Å². The van der Waals surface area contributed by atoms with Gasteiger partial charge in [-0.2, -0.15) is 0 Å². The van der Waals surface area contributed by atoms with Gasteiger partial charge in [-0.15, -0.1) is 0 Å². The summed E-state index contributed by atoms with van der Waals surface area (Å²) in [7, 11) is 0. The lowest BCUT2D eigenvalue weighted by atomic mass is 9.68. The third kappa shape index (κ3) is 3.78. The normalized spacial score (nSPS) is 40.4. The number of hydrogen-bond acceptors (Lipinski definition) is 1. The van der Waals surface area contributed by atoms with Crippen molar-refractivity contribution >= 4 is 0 Å². The van der Waals surface area contributed by atoms with Crippen LogP contribution in [-0.4, -0.2) is 5.54 Å². The van der Waals surface area contributed by atoms with Crippen molar-refractivity contribution in [1.82, 2.24) is 0 Å². The van der Waals surface area contributed by atoms with Crippen molar-refractivity contribution in [2.45, 2.75) is 97.4 Å². The van der Waals surface area contributed by atoms with Crippen molar-refractivity contribution in [2.24, 2.45) is 28.9 Å². The van der Waals surface area contributed by atoms with Crippen LogP contribution in [0.2, 0.25) is 0 Å². The molecule has 0 amide bonds. The fourth-order valence-corrected chi connectivity index (χ4v) is 4.81. The summed E-state index contributed by atoms with van der Waals surface area (Å²) < 4.78 is 0. The standard InChI is InChI=1S/C19H37N/c1-5-15-8-10-17(11-9-15)19(20)13-6-7-16(12-14-19)18(2,3)4/h15-17H,5-14,20H2,1-4H3. The van der Waals surface area contributed by atoms with Gasteiger partial charge < -0.3 is 5.73 Å². The molecule has 2 saturated carbocycles. The average molecular weight is 280 g/mol. The van der Waals surface area contributed by atoms with E-state index in [2.05, 4.69) is 27.7 Å². The van der Waals surface area contributed by atoms with E-state index in [4.69, 9.17) is 5.73 Å². The highest BCUT2D eigenvalue weighted by Crippen LogP contribution is 2.45. The first-order valence-electron chi connectivity index (χ1n) is 9.14. The fourth-order valence-electron chi connectivity index (χ4n) is 4.81. The van der Waals surface area contributed by atoms with Crippen LogP contribution < -0.4 is 5.73 Å². The van der Waals surface area contributed by atoms with E-state index in [1.54, 1.807) is 0 Å². The van der Waals surface area contributed by atoms with Gasteiger partial charge in [-0.25, -0.2) is 0 Å². The predicted octanol–water partition coefficient (Wildman–Crippen LogP) is 5.53. The molecule has 0 bridgehead atoms. The SMILES string of the molecule is CCC1CCC(C2(N)CCCC(C(C)(C)C)CC2)CC1. The smallest absolute Gasteiger partial charge is 0.0183 e. The van der Waals surface area contributed by atoms with Crippen LogP contribution in [0.5, 0.6) is 0 Å². The molecule has 1 heteroatoms. The molecule has 0 aromatic carbocycles. The summed E-state index contributed by atoms with van der Waals surface area (Å²) in [4.78, 5) is 0. The zero-order chi connectivity index (χ0) is 14.8. The number of nitrogens with two attached hydrogens (primary N) is 1. The van der Waals surface area contributed by atoms with Crippen LogP contribution in [0.1, 0.15) is 91.9 Å². The highest BCUT2D eigenvalue weighted by Gasteiger charge is 2.40. The molecule has 0 aromatic rings. The molecule has 0 radical (unpaired) electrons. The number of hydrogen-bond donors (Lipinski definition) is 1. The molecule has 0 aromatic heterocycles. The molecule has 0 heterocycles. The van der Waals surface area contributed by atoms with Crippen molar-refractivity contribution in [3.63, 3.8) is 0 Å². The first-order valence-corrected chi connectivity index (χ1v) is 9.14. The molecule has 2 aliphatic rings. The Balaban J connectivity index is 1.94. The monoisotopic (exact) mass is 279 g/mol. The number of rotatable bonds is 2. The summed E-state index contributed by atoms with van der Waals surface area (Å²) in [5.41, 5.74) is 7.56. The molecule has 0 saturated heterocycles. The van der Waals surface area contributed by atoms with Gasteiger partial charge in [0.05, 0.1) is 0 Å². The molecular weight excluding hydrogens is 242 g/mol. The topological polar surface area (TPSA) is 26.0 Å². The summed E-state index contributed by atoms with van der Waals surface area (Å²) in [5.74, 6) is 2.67. The van der Waals surface area contributed by atoms with E-state index < -0.39 is 0 Å². The van der Waals surface area contributed by atoms with Crippen LogP contribution in [0.15, 0.2) is 0 Å². The van der Waals surface area contributed by atoms with Gasteiger partial charge in [-0.05, 0) is 61.7 Å². The summed E-state index contributed by atoms with van der Waals surface area (Å²) in [6, 6.07) is 0. The predicted molar refractivity (Wildman–Crippen MR) is 88.7 cm³/mol. The molecular formula is C19H37N. The van der Waals surface area contributed by atoms with Crippen molar-refractivity contribution in [3.8, 4) is 0 Å². The highest BCUT2D eigenvalue weighted by atomic mass is 14.8. The lowest BCUT2D eigenvalue weighted by molar-refractivity contribution is 0.147. The summed E-state index contributed by atoms with van der Waals surface area (Å²) in [6.07, 6.45) is 13.7. The zero-order valence-corrected chi connectivity index (χ0v) is 14.4. The van der Waals surface area contributed by atoms with Crippen LogP contribution in [0.3, 0.4) is 0 Å². The molecule has 20 heavy (non-hydrogen) atoms. The Bertz CT molecular complexity index is 295. The third-order valence-corrected chi connectivity index (χ3v) is 6.61. The lowest BCUT2D eigenvalue weighted by Gasteiger charge is -2.41. The Kier molecular flexibility index (Phi) is 5.21. The second kappa shape index (κ2) is 6.38. The van der Waals surface area contributed by atoms with Gasteiger partial charge in [0.25, 0.3) is 0 Å².